The monoisotopic (exact) mass is 1200 g/mol. The van der Waals surface area contributed by atoms with E-state index in [4.69, 9.17) is 0 Å². The molecule has 76 heavy (non-hydrogen) atoms. The zero-order valence-corrected chi connectivity index (χ0v) is 47.5. The van der Waals surface area contributed by atoms with Crippen LogP contribution in [0.4, 0.5) is 52.7 Å². The standard InChI is InChI=1S/2C28H25F6.C4H11Si.2ClH.Zr/c2*29-27(30,31)22-9-21(10-23(11-22)28(32,33)34)24-3-1-2-20-7-19(8-25(20)24)15-26-12-16-4-17(13-26)6-18(5-16)14-26;1-3-4-5-2;;;/h2*1-3,7-11,16-18H,4-6,12-15H2;5H,3-4H2,1-2H3;2*1H;/q;;;;;+2/p-2. The Morgan fingerprint density at radius 3 is 1.07 bits per heavy atom. The van der Waals surface area contributed by atoms with E-state index in [1.807, 2.05) is 24.3 Å². The molecule has 0 radical (unpaired) electrons. The van der Waals surface area contributed by atoms with Gasteiger partial charge in [0.2, 0.25) is 0 Å². The molecule has 0 N–H and O–H groups in total. The summed E-state index contributed by atoms with van der Waals surface area (Å²) in [6.45, 7) is 4.29. The number of allylic oxidation sites excluding steroid dienone is 2. The van der Waals surface area contributed by atoms with E-state index >= 15 is 0 Å². The maximum atomic E-state index is 14.6. The van der Waals surface area contributed by atoms with Crippen LogP contribution in [-0.2, 0) is 40.3 Å². The average Bonchev–Trinajstić information content (AvgIpc) is 3.93. The molecule has 0 nitrogen and oxygen atoms in total. The van der Waals surface area contributed by atoms with E-state index < -0.39 is 75.7 Å². The van der Waals surface area contributed by atoms with E-state index in [-0.39, 0.29) is 45.2 Å². The van der Waals surface area contributed by atoms with Gasteiger partial charge in [0.1, 0.15) is 0 Å². The molecule has 4 aromatic carbocycles. The SMILES string of the molecule is CCC[SiH](C)[Zr]([Cl])([Cl])([CH]1C(CC23CC4CC(CC(C4)C2)C3)=Cc2c(-c3cc(C(F)(F)F)cc(C(F)(F)F)c3)cccc21)[CH]1C(CC23CC4CC(CC(C4)C2)C3)=Cc2c(-c3cc(C(F)(F)F)cc(C(F)(F)F)c3)cccc21. The van der Waals surface area contributed by atoms with E-state index in [1.54, 1.807) is 24.3 Å². The molecule has 10 aliphatic carbocycles. The third-order valence-corrected chi connectivity index (χ3v) is 70.8. The maximum absolute atomic E-state index is 14.6. The Morgan fingerprint density at radius 1 is 0.487 bits per heavy atom. The van der Waals surface area contributed by atoms with Gasteiger partial charge in [-0.3, -0.25) is 0 Å². The van der Waals surface area contributed by atoms with Gasteiger partial charge in [0.05, 0.1) is 0 Å². The van der Waals surface area contributed by atoms with E-state index in [0.717, 1.165) is 119 Å². The molecule has 8 bridgehead atoms. The summed E-state index contributed by atoms with van der Waals surface area (Å²) in [6.07, 6.45) is -1.42. The molecule has 3 unspecified atom stereocenters. The zero-order valence-electron chi connectivity index (χ0n) is 42.4. The second-order valence-corrected chi connectivity index (χ2v) is 66.9. The first kappa shape index (κ1) is 53.8. The minimum absolute atomic E-state index is 0.120. The first-order valence-corrected chi connectivity index (χ1v) is 43.3. The molecule has 16 heteroatoms. The quantitative estimate of drug-likeness (QED) is 0.104. The van der Waals surface area contributed by atoms with Crippen molar-refractivity contribution in [1.29, 1.82) is 0 Å². The molecule has 3 atom stereocenters. The Balaban J connectivity index is 1.10. The molecule has 0 heterocycles. The molecule has 8 saturated carbocycles. The van der Waals surface area contributed by atoms with Gasteiger partial charge in [-0.15, -0.1) is 0 Å². The third kappa shape index (κ3) is 9.11. The van der Waals surface area contributed by atoms with Crippen LogP contribution < -0.4 is 0 Å². The van der Waals surface area contributed by atoms with Gasteiger partial charge in [-0.2, -0.15) is 0 Å². The van der Waals surface area contributed by atoms with Crippen molar-refractivity contribution in [2.24, 2.45) is 46.3 Å². The van der Waals surface area contributed by atoms with E-state index in [2.05, 4.69) is 13.5 Å². The van der Waals surface area contributed by atoms with Crippen molar-refractivity contribution in [3.8, 4) is 22.3 Å². The predicted molar refractivity (Wildman–Crippen MR) is 275 cm³/mol. The fraction of sp³-hybridized carbons (Fsp3) is 0.533. The number of hydrogen-bond acceptors (Lipinski definition) is 0. The molecule has 407 valence electrons. The number of rotatable bonds is 11. The summed E-state index contributed by atoms with van der Waals surface area (Å²) in [5.41, 5.74) is -1.70. The van der Waals surface area contributed by atoms with Gasteiger partial charge in [-0.05, 0) is 0 Å². The Hall–Kier alpha value is -2.80. The van der Waals surface area contributed by atoms with Crippen LogP contribution in [0.5, 0.6) is 0 Å². The number of fused-ring (bicyclic) bond motifs is 2. The number of halogens is 14. The normalized spacial score (nSPS) is 31.5. The van der Waals surface area contributed by atoms with Crippen LogP contribution in [0.3, 0.4) is 0 Å². The topological polar surface area (TPSA) is 0 Å². The molecule has 0 aromatic heterocycles. The summed E-state index contributed by atoms with van der Waals surface area (Å²) in [4.78, 5) is 0. The van der Waals surface area contributed by atoms with Crippen LogP contribution in [0.15, 0.2) is 83.9 Å². The average molecular weight is 1200 g/mol. The van der Waals surface area contributed by atoms with E-state index in [0.29, 0.717) is 76.6 Å². The summed E-state index contributed by atoms with van der Waals surface area (Å²) < 4.78 is 174. The fourth-order valence-corrected chi connectivity index (χ4v) is 59.7. The zero-order chi connectivity index (χ0) is 53.9. The van der Waals surface area contributed by atoms with Crippen LogP contribution >= 0.6 is 17.0 Å². The number of benzene rings is 4. The van der Waals surface area contributed by atoms with Crippen LogP contribution in [0.1, 0.15) is 155 Å². The van der Waals surface area contributed by atoms with Crippen LogP contribution in [0.2, 0.25) is 12.6 Å². The molecule has 4 aromatic rings. The van der Waals surface area contributed by atoms with Crippen molar-refractivity contribution in [3.05, 3.63) is 128 Å². The fourth-order valence-electron chi connectivity index (χ4n) is 18.6. The Kier molecular flexibility index (Phi) is 12.8. The van der Waals surface area contributed by atoms with Gasteiger partial charge in [0, 0.05) is 0 Å². The Bertz CT molecular complexity index is 2740. The summed E-state index contributed by atoms with van der Waals surface area (Å²) in [6, 6.07) is 14.5. The molecule has 0 spiro atoms. The predicted octanol–water partition coefficient (Wildman–Crippen LogP) is 20.6. The minimum atomic E-state index is -6.10. The number of hydrogen-bond donors (Lipinski definition) is 0. The molecule has 10 aliphatic rings. The second-order valence-electron chi connectivity index (χ2n) is 25.6. The van der Waals surface area contributed by atoms with E-state index in [9.17, 15) is 69.7 Å². The first-order chi connectivity index (χ1) is 35.5. The van der Waals surface area contributed by atoms with E-state index in [1.165, 1.54) is 0 Å². The third-order valence-electron chi connectivity index (χ3n) is 20.4. The van der Waals surface area contributed by atoms with Crippen molar-refractivity contribution in [1.82, 2.24) is 0 Å². The molecule has 0 aliphatic heterocycles. The molecule has 8 fully saturated rings. The molecule has 14 rings (SSSR count). The molecular weight excluding hydrogens is 1140 g/mol. The van der Waals surface area contributed by atoms with Gasteiger partial charge < -0.3 is 0 Å². The van der Waals surface area contributed by atoms with Gasteiger partial charge in [0.25, 0.3) is 0 Å². The Morgan fingerprint density at radius 2 is 0.789 bits per heavy atom. The van der Waals surface area contributed by atoms with Crippen molar-refractivity contribution < 1.29 is 68.2 Å². The van der Waals surface area contributed by atoms with Gasteiger partial charge in [0.15, 0.2) is 0 Å². The van der Waals surface area contributed by atoms with Gasteiger partial charge >= 0.3 is 448 Å². The summed E-state index contributed by atoms with van der Waals surface area (Å²) in [5.74, 6) is 0.793. The second kappa shape index (κ2) is 18.1. The molecular formula is C60H61Cl2F12SiZr. The molecule has 0 amide bonds. The number of alkyl halides is 12. The van der Waals surface area contributed by atoms with Crippen LogP contribution in [0, 0.1) is 46.3 Å². The van der Waals surface area contributed by atoms with Crippen molar-refractivity contribution >= 4 is 35.1 Å². The van der Waals surface area contributed by atoms with Crippen molar-refractivity contribution in [2.45, 2.75) is 148 Å². The van der Waals surface area contributed by atoms with Gasteiger partial charge in [-0.1, -0.05) is 0 Å². The Labute approximate surface area is 445 Å². The van der Waals surface area contributed by atoms with Crippen molar-refractivity contribution in [2.75, 3.05) is 0 Å². The summed E-state index contributed by atoms with van der Waals surface area (Å²) in [7, 11) is 18.5. The van der Waals surface area contributed by atoms with Crippen molar-refractivity contribution in [3.63, 3.8) is 0 Å². The van der Waals surface area contributed by atoms with Crippen LogP contribution in [-0.4, -0.2) is 5.92 Å². The van der Waals surface area contributed by atoms with Crippen LogP contribution in [0.25, 0.3) is 34.4 Å². The van der Waals surface area contributed by atoms with Gasteiger partial charge in [-0.25, -0.2) is 0 Å². The summed E-state index contributed by atoms with van der Waals surface area (Å²) in [5, 5.41) is 0. The first-order valence-electron chi connectivity index (χ1n) is 27.4. The molecule has 0 saturated heterocycles. The summed E-state index contributed by atoms with van der Waals surface area (Å²) >= 11 is -6.10.